The summed E-state index contributed by atoms with van der Waals surface area (Å²) in [5, 5.41) is 6.82. The molecule has 0 saturated carbocycles. The molecule has 138 valence electrons. The SMILES string of the molecule is O=C(NCCc1ccc(Br)cc1)c1cc(-n2ncc(=O)[nH]c2=O)ccc1Cl. The molecule has 0 fully saturated rings. The number of hydrogen-bond acceptors (Lipinski definition) is 4. The number of nitrogens with zero attached hydrogens (tertiary/aromatic N) is 2. The normalized spacial score (nSPS) is 10.6. The van der Waals surface area contributed by atoms with Crippen molar-refractivity contribution < 1.29 is 4.79 Å². The van der Waals surface area contributed by atoms with E-state index in [2.05, 4.69) is 31.3 Å². The molecule has 0 spiro atoms. The van der Waals surface area contributed by atoms with Gasteiger partial charge >= 0.3 is 5.69 Å². The van der Waals surface area contributed by atoms with Crippen LogP contribution in [0, 0.1) is 0 Å². The lowest BCUT2D eigenvalue weighted by Crippen LogP contribution is -2.31. The van der Waals surface area contributed by atoms with Crippen LogP contribution in [0.25, 0.3) is 5.69 Å². The van der Waals surface area contributed by atoms with E-state index >= 15 is 0 Å². The van der Waals surface area contributed by atoms with Crippen molar-refractivity contribution in [3.05, 3.63) is 90.1 Å². The van der Waals surface area contributed by atoms with E-state index in [4.69, 9.17) is 11.6 Å². The predicted octanol–water partition coefficient (Wildman–Crippen LogP) is 2.31. The van der Waals surface area contributed by atoms with E-state index in [0.29, 0.717) is 18.7 Å². The number of aromatic nitrogens is 3. The van der Waals surface area contributed by atoms with Crippen LogP contribution in [0.3, 0.4) is 0 Å². The molecule has 1 amide bonds. The average Bonchev–Trinajstić information content (AvgIpc) is 2.64. The lowest BCUT2D eigenvalue weighted by atomic mass is 10.1. The smallest absolute Gasteiger partial charge is 0.349 e. The summed E-state index contributed by atoms with van der Waals surface area (Å²) in [7, 11) is 0. The number of carbonyl (C=O) groups is 1. The van der Waals surface area contributed by atoms with Gasteiger partial charge in [0.1, 0.15) is 6.20 Å². The first-order valence-electron chi connectivity index (χ1n) is 7.95. The second kappa shape index (κ2) is 8.32. The van der Waals surface area contributed by atoms with E-state index in [-0.39, 0.29) is 16.5 Å². The van der Waals surface area contributed by atoms with Crippen LogP contribution in [0.5, 0.6) is 0 Å². The van der Waals surface area contributed by atoms with Gasteiger partial charge in [0.05, 0.1) is 16.3 Å². The Morgan fingerprint density at radius 3 is 2.63 bits per heavy atom. The van der Waals surface area contributed by atoms with Crippen LogP contribution in [0.1, 0.15) is 15.9 Å². The quantitative estimate of drug-likeness (QED) is 0.625. The van der Waals surface area contributed by atoms with Gasteiger partial charge < -0.3 is 5.32 Å². The summed E-state index contributed by atoms with van der Waals surface area (Å²) in [4.78, 5) is 37.6. The van der Waals surface area contributed by atoms with Crippen molar-refractivity contribution >= 4 is 33.4 Å². The van der Waals surface area contributed by atoms with E-state index in [9.17, 15) is 14.4 Å². The summed E-state index contributed by atoms with van der Waals surface area (Å²) in [5.74, 6) is -0.364. The van der Waals surface area contributed by atoms with Crippen molar-refractivity contribution in [1.82, 2.24) is 20.1 Å². The Kier molecular flexibility index (Phi) is 5.88. The number of halogens is 2. The van der Waals surface area contributed by atoms with Crippen LogP contribution in [0.2, 0.25) is 5.02 Å². The summed E-state index contributed by atoms with van der Waals surface area (Å²) in [5.41, 5.74) is 0.313. The zero-order valence-corrected chi connectivity index (χ0v) is 16.3. The fourth-order valence-corrected chi connectivity index (χ4v) is 2.89. The van der Waals surface area contributed by atoms with Crippen LogP contribution >= 0.6 is 27.5 Å². The number of benzene rings is 2. The first-order valence-corrected chi connectivity index (χ1v) is 9.12. The highest BCUT2D eigenvalue weighted by atomic mass is 79.9. The van der Waals surface area contributed by atoms with Gasteiger partial charge in [-0.1, -0.05) is 39.7 Å². The Hall–Kier alpha value is -2.71. The van der Waals surface area contributed by atoms with Crippen LogP contribution < -0.4 is 16.6 Å². The molecule has 0 aliphatic carbocycles. The van der Waals surface area contributed by atoms with E-state index in [1.54, 1.807) is 0 Å². The second-order valence-corrected chi connectivity index (χ2v) is 6.97. The zero-order chi connectivity index (χ0) is 19.4. The molecule has 0 saturated heterocycles. The topological polar surface area (TPSA) is 96.8 Å². The number of hydrogen-bond donors (Lipinski definition) is 2. The van der Waals surface area contributed by atoms with Crippen LogP contribution in [-0.4, -0.2) is 27.2 Å². The summed E-state index contributed by atoms with van der Waals surface area (Å²) in [6.07, 6.45) is 1.64. The molecule has 0 aliphatic rings. The number of nitrogens with one attached hydrogen (secondary N) is 2. The van der Waals surface area contributed by atoms with Crippen molar-refractivity contribution in [2.24, 2.45) is 0 Å². The number of aromatic amines is 1. The van der Waals surface area contributed by atoms with Gasteiger partial charge in [-0.3, -0.25) is 14.6 Å². The van der Waals surface area contributed by atoms with Crippen molar-refractivity contribution in [3.8, 4) is 5.69 Å². The van der Waals surface area contributed by atoms with Gasteiger partial charge in [-0.15, -0.1) is 0 Å². The molecule has 2 aromatic carbocycles. The molecular formula is C18H14BrClN4O3. The molecule has 0 bridgehead atoms. The fourth-order valence-electron chi connectivity index (χ4n) is 2.42. The molecule has 3 aromatic rings. The van der Waals surface area contributed by atoms with Crippen molar-refractivity contribution in [1.29, 1.82) is 0 Å². The van der Waals surface area contributed by atoms with Crippen molar-refractivity contribution in [2.75, 3.05) is 6.54 Å². The molecule has 7 nitrogen and oxygen atoms in total. The standard InChI is InChI=1S/C18H14BrClN4O3/c19-12-3-1-11(2-4-12)7-8-21-17(26)14-9-13(5-6-15(14)20)24-18(27)23-16(25)10-22-24/h1-6,9-10H,7-8H2,(H,21,26)(H,23,25,27). The Balaban J connectivity index is 1.75. The summed E-state index contributed by atoms with van der Waals surface area (Å²) >= 11 is 9.50. The Labute approximate surface area is 167 Å². The number of rotatable bonds is 5. The van der Waals surface area contributed by atoms with E-state index < -0.39 is 11.2 Å². The first-order chi connectivity index (χ1) is 12.9. The van der Waals surface area contributed by atoms with Gasteiger partial charge in [0.25, 0.3) is 11.5 Å². The highest BCUT2D eigenvalue weighted by Crippen LogP contribution is 2.19. The van der Waals surface area contributed by atoms with Crippen molar-refractivity contribution in [3.63, 3.8) is 0 Å². The van der Waals surface area contributed by atoms with Gasteiger partial charge in [-0.05, 0) is 42.3 Å². The minimum atomic E-state index is -0.702. The van der Waals surface area contributed by atoms with Gasteiger partial charge in [-0.25, -0.2) is 4.79 Å². The van der Waals surface area contributed by atoms with E-state index in [1.165, 1.54) is 18.2 Å². The van der Waals surface area contributed by atoms with Gasteiger partial charge in [0.2, 0.25) is 0 Å². The number of amides is 1. The molecule has 0 unspecified atom stereocenters. The lowest BCUT2D eigenvalue weighted by Gasteiger charge is -2.09. The van der Waals surface area contributed by atoms with Crippen LogP contribution in [-0.2, 0) is 6.42 Å². The van der Waals surface area contributed by atoms with E-state index in [1.807, 2.05) is 24.3 Å². The second-order valence-electron chi connectivity index (χ2n) is 5.65. The van der Waals surface area contributed by atoms with Gasteiger partial charge in [0, 0.05) is 11.0 Å². The zero-order valence-electron chi connectivity index (χ0n) is 13.9. The maximum atomic E-state index is 12.5. The molecule has 2 N–H and O–H groups in total. The molecule has 3 rings (SSSR count). The Bertz CT molecular complexity index is 1090. The van der Waals surface area contributed by atoms with Crippen molar-refractivity contribution in [2.45, 2.75) is 6.42 Å². The summed E-state index contributed by atoms with van der Waals surface area (Å²) in [6, 6.07) is 12.3. The predicted molar refractivity (Wildman–Crippen MR) is 106 cm³/mol. The Morgan fingerprint density at radius 1 is 1.19 bits per heavy atom. The molecule has 1 aromatic heterocycles. The molecule has 9 heteroatoms. The van der Waals surface area contributed by atoms with Crippen LogP contribution in [0.15, 0.2) is 62.7 Å². The van der Waals surface area contributed by atoms with Gasteiger partial charge in [-0.2, -0.15) is 9.78 Å². The average molecular weight is 450 g/mol. The molecule has 0 aliphatic heterocycles. The van der Waals surface area contributed by atoms with E-state index in [0.717, 1.165) is 20.9 Å². The molecule has 0 radical (unpaired) electrons. The molecule has 0 atom stereocenters. The highest BCUT2D eigenvalue weighted by Gasteiger charge is 2.13. The fraction of sp³-hybridized carbons (Fsp3) is 0.111. The van der Waals surface area contributed by atoms with Gasteiger partial charge in [0.15, 0.2) is 0 Å². The highest BCUT2D eigenvalue weighted by molar-refractivity contribution is 9.10. The third kappa shape index (κ3) is 4.72. The lowest BCUT2D eigenvalue weighted by molar-refractivity contribution is 0.0954. The summed E-state index contributed by atoms with van der Waals surface area (Å²) < 4.78 is 1.97. The monoisotopic (exact) mass is 448 g/mol. The molecule has 27 heavy (non-hydrogen) atoms. The minimum Gasteiger partial charge on any atom is -0.352 e. The first kappa shape index (κ1) is 19.1. The largest absolute Gasteiger partial charge is 0.352 e. The minimum absolute atomic E-state index is 0.213. The number of H-pyrrole nitrogens is 1. The maximum absolute atomic E-state index is 12.5. The Morgan fingerprint density at radius 2 is 1.93 bits per heavy atom. The maximum Gasteiger partial charge on any atom is 0.349 e. The molecular weight excluding hydrogens is 436 g/mol. The third-order valence-electron chi connectivity index (χ3n) is 3.76. The number of carbonyl (C=O) groups excluding carboxylic acids is 1. The summed E-state index contributed by atoms with van der Waals surface area (Å²) in [6.45, 7) is 0.428. The molecule has 1 heterocycles. The third-order valence-corrected chi connectivity index (χ3v) is 4.62. The van der Waals surface area contributed by atoms with Crippen LogP contribution in [0.4, 0.5) is 0 Å².